The van der Waals surface area contributed by atoms with Crippen LogP contribution < -0.4 is 0 Å². The molecule has 0 N–H and O–H groups in total. The van der Waals surface area contributed by atoms with Crippen LogP contribution in [0.2, 0.25) is 0 Å². The van der Waals surface area contributed by atoms with E-state index in [1.54, 1.807) is 0 Å². The molecular formula is C16H16OS. The average molecular weight is 256 g/mol. The molecule has 0 amide bonds. The third-order valence-corrected chi connectivity index (χ3v) is 5.65. The summed E-state index contributed by atoms with van der Waals surface area (Å²) in [6.45, 7) is 6.34. The van der Waals surface area contributed by atoms with Gasteiger partial charge in [0, 0.05) is 4.90 Å². The lowest BCUT2D eigenvalue weighted by Gasteiger charge is -2.22. The van der Waals surface area contributed by atoms with Crippen LogP contribution in [0.3, 0.4) is 0 Å². The first-order chi connectivity index (χ1) is 8.59. The van der Waals surface area contributed by atoms with Crippen LogP contribution in [0.1, 0.15) is 27.8 Å². The van der Waals surface area contributed by atoms with E-state index in [2.05, 4.69) is 32.9 Å². The minimum Gasteiger partial charge on any atom is -0.249 e. The van der Waals surface area contributed by atoms with Crippen molar-refractivity contribution in [1.29, 1.82) is 0 Å². The number of benzene rings is 2. The van der Waals surface area contributed by atoms with Gasteiger partial charge >= 0.3 is 0 Å². The van der Waals surface area contributed by atoms with E-state index < -0.39 is 10.8 Å². The summed E-state index contributed by atoms with van der Waals surface area (Å²) in [4.78, 5) is 2.02. The molecule has 0 bridgehead atoms. The lowest BCUT2D eigenvalue weighted by atomic mass is 9.96. The maximum absolute atomic E-state index is 12.7. The fourth-order valence-electron chi connectivity index (χ4n) is 2.68. The van der Waals surface area contributed by atoms with Crippen LogP contribution in [0.25, 0.3) is 0 Å². The molecule has 0 spiro atoms. The molecule has 2 aromatic rings. The highest BCUT2D eigenvalue weighted by atomic mass is 32.2. The van der Waals surface area contributed by atoms with E-state index in [0.29, 0.717) is 0 Å². The van der Waals surface area contributed by atoms with E-state index in [0.717, 1.165) is 16.2 Å². The summed E-state index contributed by atoms with van der Waals surface area (Å²) in [5.41, 5.74) is 6.18. The molecular weight excluding hydrogens is 240 g/mol. The maximum atomic E-state index is 12.7. The monoisotopic (exact) mass is 256 g/mol. The first-order valence-electron chi connectivity index (χ1n) is 6.19. The minimum absolute atomic E-state index is 0.902. The Kier molecular flexibility index (Phi) is 2.63. The molecule has 18 heavy (non-hydrogen) atoms. The highest BCUT2D eigenvalue weighted by Crippen LogP contribution is 2.35. The highest BCUT2D eigenvalue weighted by Gasteiger charge is 2.24. The highest BCUT2D eigenvalue weighted by molar-refractivity contribution is 7.85. The second-order valence-corrected chi connectivity index (χ2v) is 6.37. The Balaban J connectivity index is 2.29. The molecule has 1 unspecified atom stereocenters. The molecule has 2 aromatic carbocycles. The SMILES string of the molecule is Cc1cc2c(c(C)c1C)S(=O)c1ccccc1C2. The fourth-order valence-corrected chi connectivity index (χ4v) is 4.28. The number of hydrogen-bond donors (Lipinski definition) is 0. The zero-order valence-corrected chi connectivity index (χ0v) is 11.7. The smallest absolute Gasteiger partial charge is 0.0858 e. The van der Waals surface area contributed by atoms with Crippen molar-refractivity contribution in [2.24, 2.45) is 0 Å². The Morgan fingerprint density at radius 1 is 1.00 bits per heavy atom. The molecule has 1 aliphatic heterocycles. The zero-order valence-electron chi connectivity index (χ0n) is 10.9. The predicted octanol–water partition coefficient (Wildman–Crippen LogP) is 3.68. The van der Waals surface area contributed by atoms with Gasteiger partial charge in [-0.2, -0.15) is 0 Å². The van der Waals surface area contributed by atoms with E-state index in [1.807, 2.05) is 18.2 Å². The third kappa shape index (κ3) is 1.56. The minimum atomic E-state index is -1.02. The molecule has 2 heteroatoms. The lowest BCUT2D eigenvalue weighted by molar-refractivity contribution is 0.678. The molecule has 92 valence electrons. The van der Waals surface area contributed by atoms with Crippen molar-refractivity contribution in [2.45, 2.75) is 37.0 Å². The van der Waals surface area contributed by atoms with Crippen LogP contribution in [-0.2, 0) is 17.2 Å². The molecule has 0 radical (unpaired) electrons. The van der Waals surface area contributed by atoms with Crippen LogP contribution in [0.4, 0.5) is 0 Å². The van der Waals surface area contributed by atoms with Crippen LogP contribution in [0, 0.1) is 20.8 Å². The molecule has 1 nitrogen and oxygen atoms in total. The molecule has 0 saturated carbocycles. The standard InChI is InChI=1S/C16H16OS/c1-10-8-14-9-13-6-4-5-7-15(13)18(17)16(14)12(3)11(10)2/h4-8H,9H2,1-3H3. The van der Waals surface area contributed by atoms with E-state index in [9.17, 15) is 4.21 Å². The first-order valence-corrected chi connectivity index (χ1v) is 7.34. The number of hydrogen-bond acceptors (Lipinski definition) is 1. The van der Waals surface area contributed by atoms with E-state index >= 15 is 0 Å². The molecule has 0 fully saturated rings. The van der Waals surface area contributed by atoms with Crippen molar-refractivity contribution < 1.29 is 4.21 Å². The van der Waals surface area contributed by atoms with Crippen molar-refractivity contribution in [3.63, 3.8) is 0 Å². The topological polar surface area (TPSA) is 17.1 Å². The molecule has 0 aromatic heterocycles. The second-order valence-electron chi connectivity index (χ2n) is 4.98. The van der Waals surface area contributed by atoms with Gasteiger partial charge in [-0.1, -0.05) is 24.3 Å². The Labute approximate surface area is 110 Å². The fraction of sp³-hybridized carbons (Fsp3) is 0.250. The first kappa shape index (κ1) is 11.7. The van der Waals surface area contributed by atoms with Crippen LogP contribution in [0.15, 0.2) is 40.1 Å². The number of aryl methyl sites for hydroxylation is 1. The largest absolute Gasteiger partial charge is 0.249 e. The van der Waals surface area contributed by atoms with E-state index in [-0.39, 0.29) is 0 Å². The van der Waals surface area contributed by atoms with Gasteiger partial charge in [-0.15, -0.1) is 0 Å². The summed E-state index contributed by atoms with van der Waals surface area (Å²) in [5.74, 6) is 0. The Morgan fingerprint density at radius 2 is 1.72 bits per heavy atom. The summed E-state index contributed by atoms with van der Waals surface area (Å²) in [5, 5.41) is 0. The Morgan fingerprint density at radius 3 is 2.50 bits per heavy atom. The summed E-state index contributed by atoms with van der Waals surface area (Å²) < 4.78 is 12.7. The number of fused-ring (bicyclic) bond motifs is 2. The van der Waals surface area contributed by atoms with E-state index in [1.165, 1.54) is 27.8 Å². The second kappa shape index (κ2) is 4.06. The Bertz CT molecular complexity index is 671. The van der Waals surface area contributed by atoms with Gasteiger partial charge in [0.1, 0.15) is 0 Å². The molecule has 0 saturated heterocycles. The Hall–Kier alpha value is -1.41. The third-order valence-electron chi connectivity index (χ3n) is 3.92. The van der Waals surface area contributed by atoms with Crippen molar-refractivity contribution in [1.82, 2.24) is 0 Å². The van der Waals surface area contributed by atoms with Gasteiger partial charge in [0.05, 0.1) is 15.7 Å². The summed E-state index contributed by atoms with van der Waals surface area (Å²) in [6.07, 6.45) is 0.902. The van der Waals surface area contributed by atoms with Crippen LogP contribution >= 0.6 is 0 Å². The molecule has 1 atom stereocenters. The average Bonchev–Trinajstić information content (AvgIpc) is 2.36. The van der Waals surface area contributed by atoms with Crippen molar-refractivity contribution in [2.75, 3.05) is 0 Å². The van der Waals surface area contributed by atoms with Crippen LogP contribution in [0.5, 0.6) is 0 Å². The van der Waals surface area contributed by atoms with Gasteiger partial charge in [0.2, 0.25) is 0 Å². The molecule has 1 aliphatic rings. The van der Waals surface area contributed by atoms with Crippen molar-refractivity contribution in [3.05, 3.63) is 58.1 Å². The van der Waals surface area contributed by atoms with Gasteiger partial charge < -0.3 is 0 Å². The van der Waals surface area contributed by atoms with E-state index in [4.69, 9.17) is 0 Å². The van der Waals surface area contributed by atoms with Gasteiger partial charge in [-0.3, -0.25) is 0 Å². The quantitative estimate of drug-likeness (QED) is 0.599. The molecule has 3 rings (SSSR count). The summed E-state index contributed by atoms with van der Waals surface area (Å²) in [7, 11) is -1.02. The lowest BCUT2D eigenvalue weighted by Crippen LogP contribution is -2.12. The maximum Gasteiger partial charge on any atom is 0.0858 e. The number of rotatable bonds is 0. The van der Waals surface area contributed by atoms with Crippen molar-refractivity contribution in [3.8, 4) is 0 Å². The van der Waals surface area contributed by atoms with Gasteiger partial charge in [0.15, 0.2) is 0 Å². The predicted molar refractivity (Wildman–Crippen MR) is 74.6 cm³/mol. The molecule has 1 heterocycles. The van der Waals surface area contributed by atoms with Crippen molar-refractivity contribution >= 4 is 10.8 Å². The van der Waals surface area contributed by atoms with Gasteiger partial charge in [0.25, 0.3) is 0 Å². The molecule has 0 aliphatic carbocycles. The van der Waals surface area contributed by atoms with Gasteiger partial charge in [-0.25, -0.2) is 4.21 Å². The zero-order chi connectivity index (χ0) is 12.9. The summed E-state index contributed by atoms with van der Waals surface area (Å²) >= 11 is 0. The van der Waals surface area contributed by atoms with Crippen LogP contribution in [-0.4, -0.2) is 4.21 Å². The normalized spacial score (nSPS) is 17.2. The van der Waals surface area contributed by atoms with Gasteiger partial charge in [-0.05, 0) is 61.1 Å². The summed E-state index contributed by atoms with van der Waals surface area (Å²) in [6, 6.07) is 10.3.